The Morgan fingerprint density at radius 2 is 1.60 bits per heavy atom. The van der Waals surface area contributed by atoms with E-state index in [2.05, 4.69) is 0 Å². The van der Waals surface area contributed by atoms with Crippen molar-refractivity contribution < 1.29 is 24.6 Å². The Morgan fingerprint density at radius 3 is 1.87 bits per heavy atom. The Labute approximate surface area is 87.5 Å². The Balaban J connectivity index is 4.70. The van der Waals surface area contributed by atoms with E-state index in [9.17, 15) is 14.4 Å². The number of carboxylic acids is 2. The van der Waals surface area contributed by atoms with Gasteiger partial charge in [-0.05, 0) is 20.8 Å². The molecule has 2 N–H and O–H groups in total. The van der Waals surface area contributed by atoms with Crippen LogP contribution in [0.3, 0.4) is 0 Å². The molecule has 0 saturated heterocycles. The number of hydrogen-bond donors (Lipinski definition) is 2. The summed E-state index contributed by atoms with van der Waals surface area (Å²) in [5, 5.41) is 17.2. The molecular weight excluding hydrogens is 202 g/mol. The van der Waals surface area contributed by atoms with E-state index in [1.54, 1.807) is 13.8 Å². The quantitative estimate of drug-likeness (QED) is 0.633. The third kappa shape index (κ3) is 3.97. The van der Waals surface area contributed by atoms with E-state index < -0.39 is 30.3 Å². The molecule has 15 heavy (non-hydrogen) atoms. The third-order valence-corrected chi connectivity index (χ3v) is 1.95. The molecule has 0 aromatic carbocycles. The van der Waals surface area contributed by atoms with Crippen molar-refractivity contribution >= 4 is 17.8 Å². The van der Waals surface area contributed by atoms with Gasteiger partial charge in [0.25, 0.3) is 0 Å². The van der Waals surface area contributed by atoms with Gasteiger partial charge in [0.2, 0.25) is 5.91 Å². The number of amides is 1. The van der Waals surface area contributed by atoms with E-state index in [0.717, 1.165) is 4.90 Å². The molecule has 0 heterocycles. The fourth-order valence-electron chi connectivity index (χ4n) is 1.02. The molecule has 6 heteroatoms. The maximum absolute atomic E-state index is 11.5. The minimum Gasteiger partial charge on any atom is -0.481 e. The van der Waals surface area contributed by atoms with Gasteiger partial charge in [0.05, 0.1) is 0 Å². The first-order chi connectivity index (χ1) is 6.77. The lowest BCUT2D eigenvalue weighted by molar-refractivity contribution is -0.155. The third-order valence-electron chi connectivity index (χ3n) is 1.95. The van der Waals surface area contributed by atoms with Crippen molar-refractivity contribution in [3.05, 3.63) is 0 Å². The van der Waals surface area contributed by atoms with Gasteiger partial charge in [-0.15, -0.1) is 0 Å². The Bertz CT molecular complexity index is 274. The molecular formula is C9H15NO5. The lowest BCUT2D eigenvalue weighted by Crippen LogP contribution is -2.45. The van der Waals surface area contributed by atoms with E-state index in [0.29, 0.717) is 0 Å². The van der Waals surface area contributed by atoms with Crippen LogP contribution in [0.25, 0.3) is 0 Å². The summed E-state index contributed by atoms with van der Waals surface area (Å²) in [5.41, 5.74) is 0. The number of carbonyl (C=O) groups is 3. The lowest BCUT2D eigenvalue weighted by Gasteiger charge is -2.26. The van der Waals surface area contributed by atoms with Crippen LogP contribution in [0.5, 0.6) is 0 Å². The van der Waals surface area contributed by atoms with Crippen LogP contribution in [0.4, 0.5) is 0 Å². The van der Waals surface area contributed by atoms with Gasteiger partial charge < -0.3 is 15.1 Å². The number of nitrogens with zero attached hydrogens (tertiary/aromatic N) is 1. The average molecular weight is 217 g/mol. The smallest absolute Gasteiger partial charge is 0.323 e. The number of aliphatic carboxylic acids is 2. The van der Waals surface area contributed by atoms with Crippen LogP contribution in [0.2, 0.25) is 0 Å². The van der Waals surface area contributed by atoms with Gasteiger partial charge in [-0.25, -0.2) is 0 Å². The van der Waals surface area contributed by atoms with Crippen molar-refractivity contribution in [2.24, 2.45) is 5.92 Å². The number of rotatable bonds is 5. The summed E-state index contributed by atoms with van der Waals surface area (Å²) in [7, 11) is 0. The summed E-state index contributed by atoms with van der Waals surface area (Å²) < 4.78 is 0. The van der Waals surface area contributed by atoms with Crippen molar-refractivity contribution in [2.75, 3.05) is 6.54 Å². The summed E-state index contributed by atoms with van der Waals surface area (Å²) in [5.74, 6) is -4.31. The molecule has 0 spiro atoms. The molecule has 0 aromatic rings. The molecule has 0 rings (SSSR count). The highest BCUT2D eigenvalue weighted by Gasteiger charge is 2.28. The van der Waals surface area contributed by atoms with Crippen molar-refractivity contribution in [1.82, 2.24) is 4.90 Å². The summed E-state index contributed by atoms with van der Waals surface area (Å²) >= 11 is 0. The van der Waals surface area contributed by atoms with E-state index in [4.69, 9.17) is 10.2 Å². The first-order valence-corrected chi connectivity index (χ1v) is 4.52. The zero-order chi connectivity index (χ0) is 12.2. The van der Waals surface area contributed by atoms with Gasteiger partial charge in [-0.3, -0.25) is 14.4 Å². The Morgan fingerprint density at radius 1 is 1.13 bits per heavy atom. The van der Waals surface area contributed by atoms with Gasteiger partial charge in [-0.2, -0.15) is 0 Å². The minimum atomic E-state index is -1.25. The molecule has 0 aromatic heterocycles. The second-order valence-electron chi connectivity index (χ2n) is 3.51. The number of carbonyl (C=O) groups excluding carboxylic acids is 1. The van der Waals surface area contributed by atoms with Crippen LogP contribution in [0.1, 0.15) is 20.8 Å². The van der Waals surface area contributed by atoms with Gasteiger partial charge in [0.15, 0.2) is 0 Å². The van der Waals surface area contributed by atoms with Gasteiger partial charge in [0, 0.05) is 6.04 Å². The minimum absolute atomic E-state index is 0.338. The SMILES string of the molecule is CC(C(=O)O)C(=O)N(CC(=O)O)C(C)C. The monoisotopic (exact) mass is 217 g/mol. The van der Waals surface area contributed by atoms with Crippen LogP contribution in [-0.2, 0) is 14.4 Å². The molecule has 6 nitrogen and oxygen atoms in total. The summed E-state index contributed by atoms with van der Waals surface area (Å²) in [6.07, 6.45) is 0. The Kier molecular flexibility index (Phi) is 4.77. The molecule has 0 fully saturated rings. The highest BCUT2D eigenvalue weighted by Crippen LogP contribution is 2.07. The van der Waals surface area contributed by atoms with Crippen molar-refractivity contribution in [2.45, 2.75) is 26.8 Å². The standard InChI is InChI=1S/C9H15NO5/c1-5(2)10(4-7(11)12)8(13)6(3)9(14)15/h5-6H,4H2,1-3H3,(H,11,12)(H,14,15). The van der Waals surface area contributed by atoms with E-state index in [1.807, 2.05) is 0 Å². The Hall–Kier alpha value is -1.59. The summed E-state index contributed by atoms with van der Waals surface area (Å²) in [6.45, 7) is 4.03. The van der Waals surface area contributed by atoms with E-state index in [-0.39, 0.29) is 6.04 Å². The van der Waals surface area contributed by atoms with Gasteiger partial charge in [-0.1, -0.05) is 0 Å². The number of carboxylic acid groups (broad SMARTS) is 2. The fourth-order valence-corrected chi connectivity index (χ4v) is 1.02. The van der Waals surface area contributed by atoms with Gasteiger partial charge >= 0.3 is 11.9 Å². The van der Waals surface area contributed by atoms with Crippen molar-refractivity contribution in [3.63, 3.8) is 0 Å². The zero-order valence-electron chi connectivity index (χ0n) is 8.93. The number of hydrogen-bond acceptors (Lipinski definition) is 3. The second kappa shape index (κ2) is 5.33. The molecule has 1 unspecified atom stereocenters. The van der Waals surface area contributed by atoms with Crippen LogP contribution in [0.15, 0.2) is 0 Å². The van der Waals surface area contributed by atoms with Crippen molar-refractivity contribution in [3.8, 4) is 0 Å². The zero-order valence-corrected chi connectivity index (χ0v) is 8.93. The predicted octanol–water partition coefficient (Wildman–Crippen LogP) is 0.0287. The fraction of sp³-hybridized carbons (Fsp3) is 0.667. The lowest BCUT2D eigenvalue weighted by atomic mass is 10.1. The topological polar surface area (TPSA) is 94.9 Å². The first-order valence-electron chi connectivity index (χ1n) is 4.52. The van der Waals surface area contributed by atoms with E-state index >= 15 is 0 Å². The second-order valence-corrected chi connectivity index (χ2v) is 3.51. The normalized spacial score (nSPS) is 12.3. The molecule has 0 aliphatic carbocycles. The molecule has 0 radical (unpaired) electrons. The molecule has 0 bridgehead atoms. The van der Waals surface area contributed by atoms with Gasteiger partial charge in [0.1, 0.15) is 12.5 Å². The van der Waals surface area contributed by atoms with Crippen LogP contribution < -0.4 is 0 Å². The predicted molar refractivity (Wildman–Crippen MR) is 51.3 cm³/mol. The summed E-state index contributed by atoms with van der Waals surface area (Å²) in [6, 6.07) is -0.338. The van der Waals surface area contributed by atoms with E-state index in [1.165, 1.54) is 6.92 Å². The molecule has 0 saturated carbocycles. The molecule has 86 valence electrons. The maximum atomic E-state index is 11.5. The average Bonchev–Trinajstić information content (AvgIpc) is 2.10. The maximum Gasteiger partial charge on any atom is 0.323 e. The van der Waals surface area contributed by atoms with Crippen LogP contribution in [-0.4, -0.2) is 45.5 Å². The molecule has 1 amide bonds. The summed E-state index contributed by atoms with van der Waals surface area (Å²) in [4.78, 5) is 33.6. The van der Waals surface area contributed by atoms with Crippen LogP contribution in [0, 0.1) is 5.92 Å². The molecule has 0 aliphatic rings. The molecule has 1 atom stereocenters. The highest BCUT2D eigenvalue weighted by atomic mass is 16.4. The van der Waals surface area contributed by atoms with Crippen LogP contribution >= 0.6 is 0 Å². The largest absolute Gasteiger partial charge is 0.481 e. The van der Waals surface area contributed by atoms with Crippen molar-refractivity contribution in [1.29, 1.82) is 0 Å². The molecule has 0 aliphatic heterocycles. The first kappa shape index (κ1) is 13.4. The highest BCUT2D eigenvalue weighted by molar-refractivity contribution is 5.97.